The van der Waals surface area contributed by atoms with E-state index >= 15 is 0 Å². The lowest BCUT2D eigenvalue weighted by molar-refractivity contribution is -0.144. The minimum absolute atomic E-state index is 0.0413. The van der Waals surface area contributed by atoms with Gasteiger partial charge in [0.1, 0.15) is 19.7 Å². The van der Waals surface area contributed by atoms with E-state index in [0.717, 1.165) is 32.1 Å². The van der Waals surface area contributed by atoms with E-state index in [4.69, 9.17) is 9.84 Å². The molecule has 2 aromatic carbocycles. The fourth-order valence-electron chi connectivity index (χ4n) is 4.41. The maximum Gasteiger partial charge on any atom is 0.407 e. The molecule has 5 amide bonds. The van der Waals surface area contributed by atoms with Crippen LogP contribution < -0.4 is 10.6 Å². The highest BCUT2D eigenvalue weighted by atomic mass is 16.5. The number of carboxylic acid groups (broad SMARTS) is 1. The molecule has 0 spiro atoms. The van der Waals surface area contributed by atoms with Crippen LogP contribution in [0.2, 0.25) is 0 Å². The van der Waals surface area contributed by atoms with Gasteiger partial charge in [-0.15, -0.1) is 0 Å². The number of carbonyl (C=O) groups excluding carboxylic acids is 4. The molecule has 11 nitrogen and oxygen atoms in total. The molecule has 1 heterocycles. The standard InChI is InChI=1S/C25H26N4O7/c30-21-9-11-29(24(34)27-21)13-22(31)28(14-23(32)33)12-10-26-25(35)36-15-20-18-7-3-1-5-16(18)17-6-2-4-8-19(17)20/h1-8,20H,9-15H2,(H,26,35)(H,32,33)(H,27,30,34). The maximum atomic E-state index is 12.6. The number of nitrogens with one attached hydrogen (secondary N) is 2. The molecule has 36 heavy (non-hydrogen) atoms. The highest BCUT2D eigenvalue weighted by Crippen LogP contribution is 2.44. The first-order valence-corrected chi connectivity index (χ1v) is 11.5. The van der Waals surface area contributed by atoms with Crippen LogP contribution in [0.1, 0.15) is 23.5 Å². The Bertz CT molecular complexity index is 1150. The van der Waals surface area contributed by atoms with Crippen LogP contribution in [-0.2, 0) is 19.1 Å². The van der Waals surface area contributed by atoms with E-state index in [2.05, 4.69) is 10.6 Å². The number of nitrogens with zero attached hydrogens (tertiary/aromatic N) is 2. The van der Waals surface area contributed by atoms with Gasteiger partial charge in [0.15, 0.2) is 0 Å². The van der Waals surface area contributed by atoms with E-state index in [-0.39, 0.29) is 45.1 Å². The van der Waals surface area contributed by atoms with Crippen molar-refractivity contribution in [1.29, 1.82) is 0 Å². The van der Waals surface area contributed by atoms with Gasteiger partial charge in [-0.25, -0.2) is 9.59 Å². The van der Waals surface area contributed by atoms with Gasteiger partial charge in [-0.3, -0.25) is 19.7 Å². The Labute approximate surface area is 207 Å². The Morgan fingerprint density at radius 3 is 2.31 bits per heavy atom. The summed E-state index contributed by atoms with van der Waals surface area (Å²) in [6, 6.07) is 15.2. The van der Waals surface area contributed by atoms with Crippen molar-refractivity contribution in [2.75, 3.05) is 39.3 Å². The monoisotopic (exact) mass is 494 g/mol. The van der Waals surface area contributed by atoms with E-state index < -0.39 is 36.5 Å². The summed E-state index contributed by atoms with van der Waals surface area (Å²) in [6.07, 6.45) is -0.630. The number of aliphatic carboxylic acids is 1. The minimum Gasteiger partial charge on any atom is -0.480 e. The van der Waals surface area contributed by atoms with Crippen LogP contribution in [0, 0.1) is 0 Å². The average molecular weight is 495 g/mol. The molecule has 1 fully saturated rings. The van der Waals surface area contributed by atoms with Gasteiger partial charge in [-0.05, 0) is 22.3 Å². The average Bonchev–Trinajstić information content (AvgIpc) is 3.17. The largest absolute Gasteiger partial charge is 0.480 e. The molecule has 3 N–H and O–H groups in total. The second kappa shape index (κ2) is 10.9. The van der Waals surface area contributed by atoms with Gasteiger partial charge in [0.2, 0.25) is 11.8 Å². The van der Waals surface area contributed by atoms with Crippen molar-refractivity contribution in [1.82, 2.24) is 20.4 Å². The SMILES string of the molecule is O=C(O)CN(CCNC(=O)OCC1c2ccccc2-c2ccccc21)C(=O)CN1CCC(=O)NC1=O. The van der Waals surface area contributed by atoms with E-state index in [9.17, 15) is 24.0 Å². The van der Waals surface area contributed by atoms with Gasteiger partial charge in [0, 0.05) is 32.0 Å². The summed E-state index contributed by atoms with van der Waals surface area (Å²) in [7, 11) is 0. The van der Waals surface area contributed by atoms with Crippen molar-refractivity contribution in [2.45, 2.75) is 12.3 Å². The van der Waals surface area contributed by atoms with Crippen molar-refractivity contribution in [3.63, 3.8) is 0 Å². The Morgan fingerprint density at radius 1 is 1.06 bits per heavy atom. The molecule has 188 valence electrons. The lowest BCUT2D eigenvalue weighted by Gasteiger charge is -2.29. The number of carbonyl (C=O) groups is 5. The number of imide groups is 1. The zero-order valence-corrected chi connectivity index (χ0v) is 19.4. The van der Waals surface area contributed by atoms with Crippen LogP contribution in [0.25, 0.3) is 11.1 Å². The maximum absolute atomic E-state index is 12.6. The molecule has 0 bridgehead atoms. The number of ether oxygens (including phenoxy) is 1. The first-order valence-electron chi connectivity index (χ1n) is 11.5. The van der Waals surface area contributed by atoms with E-state index in [1.807, 2.05) is 48.5 Å². The topological polar surface area (TPSA) is 145 Å². The van der Waals surface area contributed by atoms with Gasteiger partial charge in [-0.2, -0.15) is 0 Å². The van der Waals surface area contributed by atoms with E-state index in [1.165, 1.54) is 0 Å². The van der Waals surface area contributed by atoms with Gasteiger partial charge < -0.3 is 25.0 Å². The minimum atomic E-state index is -1.23. The van der Waals surface area contributed by atoms with Crippen molar-refractivity contribution < 1.29 is 33.8 Å². The number of carboxylic acids is 1. The molecular formula is C25H26N4O7. The number of amides is 5. The number of alkyl carbamates (subject to hydrolysis) is 1. The molecule has 1 aliphatic heterocycles. The Balaban J connectivity index is 1.28. The Morgan fingerprint density at radius 2 is 1.69 bits per heavy atom. The zero-order chi connectivity index (χ0) is 25.7. The molecule has 0 atom stereocenters. The number of benzene rings is 2. The van der Waals surface area contributed by atoms with Crippen LogP contribution in [-0.4, -0.2) is 84.1 Å². The first kappa shape index (κ1) is 24.7. The summed E-state index contributed by atoms with van der Waals surface area (Å²) in [5.41, 5.74) is 4.37. The molecular weight excluding hydrogens is 468 g/mol. The van der Waals surface area contributed by atoms with Gasteiger partial charge in [0.25, 0.3) is 0 Å². The number of hydrogen-bond donors (Lipinski definition) is 3. The van der Waals surface area contributed by atoms with Crippen molar-refractivity contribution in [3.8, 4) is 11.1 Å². The second-order valence-corrected chi connectivity index (χ2v) is 8.49. The fraction of sp³-hybridized carbons (Fsp3) is 0.320. The van der Waals surface area contributed by atoms with Crippen molar-refractivity contribution in [3.05, 3.63) is 59.7 Å². The quantitative estimate of drug-likeness (QED) is 0.477. The summed E-state index contributed by atoms with van der Waals surface area (Å²) < 4.78 is 5.45. The molecule has 0 unspecified atom stereocenters. The Kier molecular flexibility index (Phi) is 7.47. The molecule has 0 aromatic heterocycles. The lowest BCUT2D eigenvalue weighted by Crippen LogP contribution is -2.53. The molecule has 0 radical (unpaired) electrons. The second-order valence-electron chi connectivity index (χ2n) is 8.49. The predicted molar refractivity (Wildman–Crippen MR) is 127 cm³/mol. The number of hydrogen-bond acceptors (Lipinski definition) is 6. The van der Waals surface area contributed by atoms with Crippen molar-refractivity contribution in [2.24, 2.45) is 0 Å². The molecule has 11 heteroatoms. The van der Waals surface area contributed by atoms with Gasteiger partial charge in [0.05, 0.1) is 0 Å². The fourth-order valence-corrected chi connectivity index (χ4v) is 4.41. The van der Waals surface area contributed by atoms with Crippen LogP contribution in [0.4, 0.5) is 9.59 Å². The van der Waals surface area contributed by atoms with Gasteiger partial charge >= 0.3 is 18.1 Å². The van der Waals surface area contributed by atoms with Crippen LogP contribution in [0.15, 0.2) is 48.5 Å². The lowest BCUT2D eigenvalue weighted by atomic mass is 9.98. The summed E-state index contributed by atoms with van der Waals surface area (Å²) in [4.78, 5) is 61.4. The predicted octanol–water partition coefficient (Wildman–Crippen LogP) is 1.38. The normalized spacial score (nSPS) is 14.5. The number of urea groups is 1. The molecule has 0 saturated carbocycles. The third-order valence-electron chi connectivity index (χ3n) is 6.14. The third kappa shape index (κ3) is 5.62. The summed E-state index contributed by atoms with van der Waals surface area (Å²) >= 11 is 0. The smallest absolute Gasteiger partial charge is 0.407 e. The zero-order valence-electron chi connectivity index (χ0n) is 19.4. The third-order valence-corrected chi connectivity index (χ3v) is 6.14. The van der Waals surface area contributed by atoms with Gasteiger partial charge in [-0.1, -0.05) is 48.5 Å². The first-order chi connectivity index (χ1) is 17.3. The molecule has 2 aliphatic rings. The molecule has 1 aliphatic carbocycles. The number of fused-ring (bicyclic) bond motifs is 3. The summed E-state index contributed by atoms with van der Waals surface area (Å²) in [5, 5.41) is 13.8. The molecule has 2 aromatic rings. The van der Waals surface area contributed by atoms with E-state index in [0.29, 0.717) is 0 Å². The van der Waals surface area contributed by atoms with Crippen LogP contribution in [0.5, 0.6) is 0 Å². The van der Waals surface area contributed by atoms with Crippen molar-refractivity contribution >= 4 is 29.9 Å². The van der Waals surface area contributed by atoms with Crippen LogP contribution in [0.3, 0.4) is 0 Å². The number of rotatable bonds is 9. The summed E-state index contributed by atoms with van der Waals surface area (Å²) in [5.74, 6) is -2.38. The van der Waals surface area contributed by atoms with E-state index in [1.54, 1.807) is 0 Å². The molecule has 1 saturated heterocycles. The highest BCUT2D eigenvalue weighted by Gasteiger charge is 2.29. The summed E-state index contributed by atoms with van der Waals surface area (Å²) in [6.45, 7) is -0.920. The Hall–Kier alpha value is -4.41. The highest BCUT2D eigenvalue weighted by molar-refractivity contribution is 5.98. The molecule has 4 rings (SSSR count). The van der Waals surface area contributed by atoms with Crippen LogP contribution >= 0.6 is 0 Å².